The summed E-state index contributed by atoms with van der Waals surface area (Å²) in [5, 5.41) is 15.3. The van der Waals surface area contributed by atoms with E-state index in [0.717, 1.165) is 5.56 Å². The van der Waals surface area contributed by atoms with Crippen LogP contribution in [-0.4, -0.2) is 45.7 Å². The second-order valence-corrected chi connectivity index (χ2v) is 10.0. The highest BCUT2D eigenvalue weighted by molar-refractivity contribution is 6.31. The Hall–Kier alpha value is -2.61. The molecule has 4 rings (SSSR count). The molecule has 2 N–H and O–H groups in total. The van der Waals surface area contributed by atoms with E-state index in [2.05, 4.69) is 5.32 Å². The molecule has 0 aliphatic carbocycles. The van der Waals surface area contributed by atoms with E-state index in [1.807, 2.05) is 39.0 Å². The van der Waals surface area contributed by atoms with Crippen molar-refractivity contribution in [1.29, 1.82) is 0 Å². The molecule has 33 heavy (non-hydrogen) atoms. The molecule has 0 spiro atoms. The average molecular weight is 489 g/mol. The molecule has 174 valence electrons. The predicted octanol–water partition coefficient (Wildman–Crippen LogP) is 5.34. The molecule has 1 fully saturated rings. The van der Waals surface area contributed by atoms with Gasteiger partial charge in [-0.15, -0.1) is 0 Å². The Kier molecular flexibility index (Phi) is 6.40. The number of halogens is 2. The van der Waals surface area contributed by atoms with Crippen LogP contribution in [0.2, 0.25) is 10.0 Å². The number of piperazine rings is 1. The molecule has 1 amide bonds. The normalized spacial score (nSPS) is 19.0. The fourth-order valence-electron chi connectivity index (χ4n) is 4.31. The zero-order chi connectivity index (χ0) is 23.8. The molecule has 0 radical (unpaired) electrons. The lowest BCUT2D eigenvalue weighted by Gasteiger charge is -2.52. The van der Waals surface area contributed by atoms with E-state index in [1.165, 1.54) is 4.90 Å². The Labute approximate surface area is 202 Å². The fraction of sp³-hybridized carbons (Fsp3) is 0.375. The van der Waals surface area contributed by atoms with Gasteiger partial charge in [0.15, 0.2) is 5.82 Å². The SMILES string of the molecule is CC(C)(C)C1(c2nc(OCc3ccc(Cl)cc3)c3ccc(Cl)cc3n2)CNCCN1C(=O)O. The summed E-state index contributed by atoms with van der Waals surface area (Å²) in [6.07, 6.45) is -1.01. The first-order valence-electron chi connectivity index (χ1n) is 10.7. The number of amides is 1. The van der Waals surface area contributed by atoms with Crippen LogP contribution in [0, 0.1) is 5.41 Å². The van der Waals surface area contributed by atoms with Crippen LogP contribution in [-0.2, 0) is 12.1 Å². The highest BCUT2D eigenvalue weighted by atomic mass is 35.5. The minimum Gasteiger partial charge on any atom is -0.472 e. The van der Waals surface area contributed by atoms with Gasteiger partial charge in [-0.25, -0.2) is 9.78 Å². The van der Waals surface area contributed by atoms with Crippen LogP contribution in [0.25, 0.3) is 10.9 Å². The lowest BCUT2D eigenvalue weighted by atomic mass is 9.70. The van der Waals surface area contributed by atoms with Crippen molar-refractivity contribution in [3.8, 4) is 5.88 Å². The molecule has 1 saturated heterocycles. The fourth-order valence-corrected chi connectivity index (χ4v) is 4.60. The quantitative estimate of drug-likeness (QED) is 0.515. The monoisotopic (exact) mass is 488 g/mol. The third-order valence-corrected chi connectivity index (χ3v) is 6.60. The number of aromatic nitrogens is 2. The van der Waals surface area contributed by atoms with Gasteiger partial charge in [0, 0.05) is 29.7 Å². The largest absolute Gasteiger partial charge is 0.472 e. The first-order chi connectivity index (χ1) is 15.6. The van der Waals surface area contributed by atoms with Crippen molar-refractivity contribution in [2.75, 3.05) is 19.6 Å². The van der Waals surface area contributed by atoms with E-state index in [0.29, 0.717) is 52.3 Å². The molecular weight excluding hydrogens is 463 g/mol. The lowest BCUT2D eigenvalue weighted by molar-refractivity contribution is -0.0246. The molecule has 1 unspecified atom stereocenters. The summed E-state index contributed by atoms with van der Waals surface area (Å²) in [6.45, 7) is 7.52. The zero-order valence-corrected chi connectivity index (χ0v) is 20.2. The highest BCUT2D eigenvalue weighted by Gasteiger charge is 2.54. The van der Waals surface area contributed by atoms with Crippen LogP contribution >= 0.6 is 23.2 Å². The summed E-state index contributed by atoms with van der Waals surface area (Å²) in [6, 6.07) is 12.7. The maximum absolute atomic E-state index is 12.3. The number of nitrogens with one attached hydrogen (secondary N) is 1. The molecule has 1 aliphatic heterocycles. The van der Waals surface area contributed by atoms with Crippen molar-refractivity contribution >= 4 is 40.2 Å². The maximum atomic E-state index is 12.3. The second-order valence-electron chi connectivity index (χ2n) is 9.15. The molecule has 1 atom stereocenters. The van der Waals surface area contributed by atoms with Crippen LogP contribution in [0.5, 0.6) is 5.88 Å². The van der Waals surface area contributed by atoms with Gasteiger partial charge in [-0.05, 0) is 41.3 Å². The van der Waals surface area contributed by atoms with E-state index in [9.17, 15) is 9.90 Å². The molecular formula is C24H26Cl2N4O3. The van der Waals surface area contributed by atoms with Gasteiger partial charge >= 0.3 is 6.09 Å². The Morgan fingerprint density at radius 2 is 1.85 bits per heavy atom. The van der Waals surface area contributed by atoms with E-state index >= 15 is 0 Å². The Morgan fingerprint density at radius 1 is 1.15 bits per heavy atom. The first kappa shape index (κ1) is 23.5. The standard InChI is InChI=1S/C24H26Cl2N4O3/c1-23(2,3)24(14-27-10-11-30(24)22(31)32)21-28-19-12-17(26)8-9-18(19)20(29-21)33-13-15-4-6-16(25)7-5-15/h4-9,12,27H,10-11,13-14H2,1-3H3,(H,31,32). The molecule has 2 aromatic carbocycles. The Balaban J connectivity index is 1.87. The van der Waals surface area contributed by atoms with Crippen LogP contribution in [0.15, 0.2) is 42.5 Å². The van der Waals surface area contributed by atoms with Gasteiger partial charge < -0.3 is 15.2 Å². The zero-order valence-electron chi connectivity index (χ0n) is 18.7. The number of ether oxygens (including phenoxy) is 1. The lowest BCUT2D eigenvalue weighted by Crippen LogP contribution is -2.66. The first-order valence-corrected chi connectivity index (χ1v) is 11.4. The maximum Gasteiger partial charge on any atom is 0.408 e. The highest BCUT2D eigenvalue weighted by Crippen LogP contribution is 2.45. The van der Waals surface area contributed by atoms with Crippen molar-refractivity contribution in [3.63, 3.8) is 0 Å². The molecule has 1 aromatic heterocycles. The molecule has 1 aliphatic rings. The van der Waals surface area contributed by atoms with Gasteiger partial charge in [-0.3, -0.25) is 4.90 Å². The second kappa shape index (κ2) is 8.97. The van der Waals surface area contributed by atoms with E-state index < -0.39 is 17.0 Å². The van der Waals surface area contributed by atoms with Crippen molar-refractivity contribution in [1.82, 2.24) is 20.2 Å². The van der Waals surface area contributed by atoms with Crippen LogP contribution in [0.4, 0.5) is 4.79 Å². The van der Waals surface area contributed by atoms with Gasteiger partial charge in [-0.1, -0.05) is 56.1 Å². The van der Waals surface area contributed by atoms with E-state index in [4.69, 9.17) is 37.9 Å². The van der Waals surface area contributed by atoms with Gasteiger partial charge in [0.1, 0.15) is 12.1 Å². The number of benzene rings is 2. The third kappa shape index (κ3) is 4.45. The molecule has 9 heteroatoms. The molecule has 0 bridgehead atoms. The minimum atomic E-state index is -1.01. The summed E-state index contributed by atoms with van der Waals surface area (Å²) in [5.74, 6) is 0.756. The number of hydrogen-bond acceptors (Lipinski definition) is 5. The number of rotatable bonds is 4. The molecule has 3 aromatic rings. The smallest absolute Gasteiger partial charge is 0.408 e. The van der Waals surface area contributed by atoms with E-state index in [-0.39, 0.29) is 6.61 Å². The number of carboxylic acid groups (broad SMARTS) is 1. The number of nitrogens with zero attached hydrogens (tertiary/aromatic N) is 3. The number of fused-ring (bicyclic) bond motifs is 1. The summed E-state index contributed by atoms with van der Waals surface area (Å²) in [7, 11) is 0. The van der Waals surface area contributed by atoms with Gasteiger partial charge in [0.05, 0.1) is 10.9 Å². The van der Waals surface area contributed by atoms with Crippen LogP contribution < -0.4 is 10.1 Å². The molecule has 0 saturated carbocycles. The third-order valence-electron chi connectivity index (χ3n) is 6.11. The molecule has 7 nitrogen and oxygen atoms in total. The van der Waals surface area contributed by atoms with E-state index in [1.54, 1.807) is 24.3 Å². The van der Waals surface area contributed by atoms with Crippen LogP contribution in [0.1, 0.15) is 32.2 Å². The van der Waals surface area contributed by atoms with Crippen molar-refractivity contribution in [2.24, 2.45) is 5.41 Å². The average Bonchev–Trinajstić information content (AvgIpc) is 2.77. The van der Waals surface area contributed by atoms with Gasteiger partial charge in [0.2, 0.25) is 5.88 Å². The summed E-state index contributed by atoms with van der Waals surface area (Å²) >= 11 is 12.3. The summed E-state index contributed by atoms with van der Waals surface area (Å²) < 4.78 is 6.15. The summed E-state index contributed by atoms with van der Waals surface area (Å²) in [4.78, 5) is 23.4. The summed E-state index contributed by atoms with van der Waals surface area (Å²) in [5.41, 5.74) is 0.00153. The topological polar surface area (TPSA) is 87.6 Å². The Bertz CT molecular complexity index is 1180. The van der Waals surface area contributed by atoms with Crippen molar-refractivity contribution < 1.29 is 14.6 Å². The van der Waals surface area contributed by atoms with Crippen molar-refractivity contribution in [2.45, 2.75) is 32.9 Å². The van der Waals surface area contributed by atoms with Crippen molar-refractivity contribution in [3.05, 3.63) is 63.9 Å². The predicted molar refractivity (Wildman–Crippen MR) is 129 cm³/mol. The van der Waals surface area contributed by atoms with Gasteiger partial charge in [-0.2, -0.15) is 4.98 Å². The number of hydrogen-bond donors (Lipinski definition) is 2. The van der Waals surface area contributed by atoms with Crippen LogP contribution in [0.3, 0.4) is 0 Å². The van der Waals surface area contributed by atoms with Gasteiger partial charge in [0.25, 0.3) is 0 Å². The molecule has 2 heterocycles. The Morgan fingerprint density at radius 3 is 2.52 bits per heavy atom. The number of carbonyl (C=O) groups is 1. The minimum absolute atomic E-state index is 0.273.